The van der Waals surface area contributed by atoms with E-state index in [4.69, 9.17) is 9.47 Å². The monoisotopic (exact) mass is 757 g/mol. The molecule has 8 heteroatoms. The van der Waals surface area contributed by atoms with Crippen LogP contribution in [0.4, 0.5) is 0 Å². The fraction of sp³-hybridized carbons (Fsp3) is 0.745. The third-order valence-electron chi connectivity index (χ3n) is 15.6. The molecule has 1 aromatic carbocycles. The number of aryl methyl sites for hydroxylation is 1. The van der Waals surface area contributed by atoms with E-state index in [1.807, 2.05) is 6.92 Å². The molecular weight excluding hydrogens is 689 g/mol. The predicted molar refractivity (Wildman–Crippen MR) is 214 cm³/mol. The van der Waals surface area contributed by atoms with Crippen molar-refractivity contribution in [1.82, 2.24) is 10.9 Å². The Hall–Kier alpha value is -2.70. The molecule has 1 aromatic rings. The van der Waals surface area contributed by atoms with Crippen molar-refractivity contribution in [3.05, 3.63) is 47.5 Å². The van der Waals surface area contributed by atoms with Crippen LogP contribution in [0.2, 0.25) is 0 Å². The van der Waals surface area contributed by atoms with Crippen molar-refractivity contribution in [3.8, 4) is 11.8 Å². The van der Waals surface area contributed by atoms with Crippen molar-refractivity contribution >= 4 is 11.9 Å². The van der Waals surface area contributed by atoms with Gasteiger partial charge in [-0.1, -0.05) is 102 Å². The van der Waals surface area contributed by atoms with Crippen LogP contribution in [0.5, 0.6) is 0 Å². The summed E-state index contributed by atoms with van der Waals surface area (Å²) in [7, 11) is 0. The molecule has 6 aliphatic rings. The lowest BCUT2D eigenvalue weighted by atomic mass is 9.34. The Bertz CT molecular complexity index is 1640. The quantitative estimate of drug-likeness (QED) is 0.0807. The Kier molecular flexibility index (Phi) is 12.0. The molecule has 0 aromatic heterocycles. The highest BCUT2D eigenvalue weighted by atomic mass is 16.6. The standard InChI is InChI=1S/C47H68N2O6/c1-5-6-8-19-35-28-37-38(29-35)48-49-46-32-43(3,24-12-11-21-40(51)55-46)47(53,27-22-36-30-41(52)54-31-36)45(39(50)23-26-44(37,4)42(45)46)25-14-16-33(2)15-13-20-34-17-9-7-10-18-34/h7,9-10,17-18,30,33,35,37-39,42,48-50,53H,5-6,8,11,13-16,19-23,25-29,31-32H2,1-4H3/t33-,35-,37+,38-,39+,42+,43+,44+,45+,46-,47-/m1/s1. The normalized spacial score (nSPS) is 39.8. The minimum Gasteiger partial charge on any atom is -0.458 e. The second-order valence-corrected chi connectivity index (χ2v) is 19.2. The first-order chi connectivity index (χ1) is 26.4. The van der Waals surface area contributed by atoms with Crippen LogP contribution in [0.15, 0.2) is 42.0 Å². The average Bonchev–Trinajstić information content (AvgIpc) is 3.77. The Balaban J connectivity index is 1.29. The second-order valence-electron chi connectivity index (χ2n) is 19.2. The fourth-order valence-electron chi connectivity index (χ4n) is 13.1. The Morgan fingerprint density at radius 1 is 1.02 bits per heavy atom. The van der Waals surface area contributed by atoms with Gasteiger partial charge in [-0.25, -0.2) is 10.2 Å². The number of ether oxygens (including phenoxy) is 2. The number of nitrogens with one attached hydrogen (secondary N) is 2. The number of benzene rings is 1. The predicted octanol–water partition coefficient (Wildman–Crippen LogP) is 8.10. The molecule has 0 radical (unpaired) electrons. The molecule has 3 saturated carbocycles. The SMILES string of the molecule is CCCCC[C@H]1C[C@H]2NN[C@]34C[C@](C)(C#CCCC(=O)O3)[C@](O)(CCC3=CC(=O)OC3)[C@@]3(CCC[C@H](C)CCCc5ccccc5)[C@@H](O)CC[C@@](C)([C@H]2C1)[C@@H]34. The van der Waals surface area contributed by atoms with Crippen LogP contribution < -0.4 is 10.9 Å². The van der Waals surface area contributed by atoms with E-state index in [9.17, 15) is 19.8 Å². The maximum Gasteiger partial charge on any atom is 0.331 e. The van der Waals surface area contributed by atoms with E-state index in [1.54, 1.807) is 6.08 Å². The molecular formula is C47H68N2O6. The van der Waals surface area contributed by atoms with Crippen LogP contribution in [0.3, 0.4) is 0 Å². The largest absolute Gasteiger partial charge is 0.458 e. The number of fused-ring (bicyclic) bond motifs is 3. The van der Waals surface area contributed by atoms with Gasteiger partial charge in [0.1, 0.15) is 6.61 Å². The van der Waals surface area contributed by atoms with Crippen molar-refractivity contribution in [2.45, 2.75) is 173 Å². The number of esters is 2. The second kappa shape index (κ2) is 16.3. The summed E-state index contributed by atoms with van der Waals surface area (Å²) >= 11 is 0. The fourth-order valence-corrected chi connectivity index (χ4v) is 13.1. The number of unbranched alkanes of at least 4 members (excludes halogenated alkanes) is 2. The van der Waals surface area contributed by atoms with E-state index in [-0.39, 0.29) is 48.3 Å². The Morgan fingerprint density at radius 3 is 2.58 bits per heavy atom. The molecule has 3 heterocycles. The van der Waals surface area contributed by atoms with E-state index in [1.165, 1.54) is 31.2 Å². The summed E-state index contributed by atoms with van der Waals surface area (Å²) in [6, 6.07) is 10.9. The molecule has 302 valence electrons. The number of cyclic esters (lactones) is 1. The minimum atomic E-state index is -1.46. The van der Waals surface area contributed by atoms with Gasteiger partial charge in [0.05, 0.1) is 23.5 Å². The number of carbonyl (C=O) groups is 2. The van der Waals surface area contributed by atoms with E-state index < -0.39 is 28.3 Å². The van der Waals surface area contributed by atoms with Gasteiger partial charge in [0.2, 0.25) is 0 Å². The molecule has 4 N–H and O–H groups in total. The number of aliphatic hydroxyl groups excluding tert-OH is 1. The van der Waals surface area contributed by atoms with Crippen LogP contribution in [0.1, 0.15) is 149 Å². The molecule has 8 nitrogen and oxygen atoms in total. The molecule has 3 aliphatic heterocycles. The summed E-state index contributed by atoms with van der Waals surface area (Å²) in [4.78, 5) is 26.1. The minimum absolute atomic E-state index is 0.184. The third-order valence-corrected chi connectivity index (χ3v) is 15.6. The zero-order chi connectivity index (χ0) is 38.9. The number of hydrogen-bond acceptors (Lipinski definition) is 8. The Morgan fingerprint density at radius 2 is 1.82 bits per heavy atom. The first-order valence-corrected chi connectivity index (χ1v) is 21.9. The maximum absolute atomic E-state index is 14.1. The topological polar surface area (TPSA) is 117 Å². The molecule has 1 saturated heterocycles. The van der Waals surface area contributed by atoms with E-state index in [0.29, 0.717) is 50.4 Å². The van der Waals surface area contributed by atoms with Crippen LogP contribution in [0, 0.1) is 51.8 Å². The first kappa shape index (κ1) is 40.5. The van der Waals surface area contributed by atoms with E-state index in [2.05, 4.69) is 73.8 Å². The van der Waals surface area contributed by atoms with Crippen LogP contribution in [-0.4, -0.2) is 52.2 Å². The lowest BCUT2D eigenvalue weighted by molar-refractivity contribution is -0.342. The molecule has 4 fully saturated rings. The zero-order valence-corrected chi connectivity index (χ0v) is 34.1. The lowest BCUT2D eigenvalue weighted by Crippen LogP contribution is -2.81. The van der Waals surface area contributed by atoms with Crippen LogP contribution in [0.25, 0.3) is 0 Å². The molecule has 0 unspecified atom stereocenters. The summed E-state index contributed by atoms with van der Waals surface area (Å²) in [6.45, 7) is 9.28. The maximum atomic E-state index is 14.1. The molecule has 3 aliphatic carbocycles. The van der Waals surface area contributed by atoms with Gasteiger partial charge in [0, 0.05) is 36.3 Å². The zero-order valence-electron chi connectivity index (χ0n) is 34.1. The molecule has 11 atom stereocenters. The summed E-state index contributed by atoms with van der Waals surface area (Å²) in [5.41, 5.74) is 4.74. The highest BCUT2D eigenvalue weighted by Crippen LogP contribution is 2.74. The molecule has 55 heavy (non-hydrogen) atoms. The molecule has 0 amide bonds. The van der Waals surface area contributed by atoms with Crippen molar-refractivity contribution in [2.75, 3.05) is 6.61 Å². The van der Waals surface area contributed by atoms with Gasteiger partial charge < -0.3 is 19.7 Å². The van der Waals surface area contributed by atoms with Gasteiger partial charge in [0.15, 0.2) is 5.72 Å². The van der Waals surface area contributed by atoms with Gasteiger partial charge in [-0.2, -0.15) is 0 Å². The van der Waals surface area contributed by atoms with Gasteiger partial charge >= 0.3 is 11.9 Å². The summed E-state index contributed by atoms with van der Waals surface area (Å²) in [5.74, 6) is 7.26. The summed E-state index contributed by atoms with van der Waals surface area (Å²) in [6.07, 6.45) is 16.5. The van der Waals surface area contributed by atoms with Crippen molar-refractivity contribution in [3.63, 3.8) is 0 Å². The number of carbonyl (C=O) groups excluding carboxylic acids is 2. The summed E-state index contributed by atoms with van der Waals surface area (Å²) in [5, 5.41) is 27.0. The third kappa shape index (κ3) is 7.46. The Labute approximate surface area is 330 Å². The van der Waals surface area contributed by atoms with Crippen LogP contribution in [-0.2, 0) is 25.5 Å². The molecule has 1 spiro atoms. The average molecular weight is 757 g/mol. The van der Waals surface area contributed by atoms with Crippen molar-refractivity contribution in [2.24, 2.45) is 39.9 Å². The van der Waals surface area contributed by atoms with Crippen LogP contribution >= 0.6 is 0 Å². The first-order valence-electron chi connectivity index (χ1n) is 21.9. The lowest BCUT2D eigenvalue weighted by Gasteiger charge is -2.72. The highest BCUT2D eigenvalue weighted by molar-refractivity contribution is 5.85. The number of hydrazine groups is 1. The van der Waals surface area contributed by atoms with Gasteiger partial charge in [-0.15, -0.1) is 5.92 Å². The van der Waals surface area contributed by atoms with Crippen molar-refractivity contribution < 1.29 is 29.3 Å². The smallest absolute Gasteiger partial charge is 0.331 e. The van der Waals surface area contributed by atoms with Gasteiger partial charge in [-0.05, 0) is 99.0 Å². The number of rotatable bonds is 15. The highest BCUT2D eigenvalue weighted by Gasteiger charge is 2.80. The molecule has 2 bridgehead atoms. The van der Waals surface area contributed by atoms with Crippen molar-refractivity contribution in [1.29, 1.82) is 0 Å². The summed E-state index contributed by atoms with van der Waals surface area (Å²) < 4.78 is 12.2. The number of hydrogen-bond donors (Lipinski definition) is 4. The number of aliphatic hydroxyl groups is 2. The van der Waals surface area contributed by atoms with E-state index >= 15 is 0 Å². The molecule has 7 rings (SSSR count). The van der Waals surface area contributed by atoms with Gasteiger partial charge in [-0.3, -0.25) is 10.2 Å². The van der Waals surface area contributed by atoms with Gasteiger partial charge in [0.25, 0.3) is 0 Å². The van der Waals surface area contributed by atoms with E-state index in [0.717, 1.165) is 56.9 Å².